The van der Waals surface area contributed by atoms with Crippen molar-refractivity contribution in [2.24, 2.45) is 5.14 Å². The van der Waals surface area contributed by atoms with E-state index in [4.69, 9.17) is 5.14 Å². The maximum Gasteiger partial charge on any atom is 0.238 e. The number of amides is 1. The van der Waals surface area contributed by atoms with Gasteiger partial charge in [0.2, 0.25) is 15.9 Å². The molecule has 0 bridgehead atoms. The maximum atomic E-state index is 12.5. The first-order valence-electron chi connectivity index (χ1n) is 8.22. The molecule has 1 saturated carbocycles. The topological polar surface area (TPSA) is 102 Å². The van der Waals surface area contributed by atoms with Crippen molar-refractivity contribution in [3.63, 3.8) is 0 Å². The fourth-order valence-corrected chi connectivity index (χ4v) is 4.13. The minimum Gasteiger partial charge on any atom is -0.325 e. The van der Waals surface area contributed by atoms with E-state index < -0.39 is 10.0 Å². The largest absolute Gasteiger partial charge is 0.325 e. The number of carbonyl (C=O) groups excluding carboxylic acids is 1. The Morgan fingerprint density at radius 2 is 1.96 bits per heavy atom. The molecule has 1 aliphatic carbocycles. The van der Waals surface area contributed by atoms with Crippen LogP contribution >= 0.6 is 0 Å². The zero-order valence-electron chi connectivity index (χ0n) is 13.8. The summed E-state index contributed by atoms with van der Waals surface area (Å²) >= 11 is 0. The molecule has 1 aromatic heterocycles. The Hall–Kier alpha value is -2.25. The molecular weight excluding hydrogens is 338 g/mol. The molecule has 0 atom stereocenters. The molecule has 3 N–H and O–H groups in total. The number of sulfonamides is 1. The number of carbonyl (C=O) groups is 1. The minimum atomic E-state index is -3.77. The standard InChI is InChI=1S/C18H21N3O3S/c19-25(23,24)16-7-3-5-14(11-16)18(8-1-2-9-18)12-17(22)21-15-6-4-10-20-13-15/h3-7,10-11,13H,1-2,8-9,12H2,(H,21,22)(H2,19,23,24). The fourth-order valence-electron chi connectivity index (χ4n) is 3.57. The molecule has 6 nitrogen and oxygen atoms in total. The van der Waals surface area contributed by atoms with E-state index in [2.05, 4.69) is 10.3 Å². The lowest BCUT2D eigenvalue weighted by Crippen LogP contribution is -2.29. The Bertz CT molecular complexity index is 860. The lowest BCUT2D eigenvalue weighted by molar-refractivity contribution is -0.117. The number of nitrogens with one attached hydrogen (secondary N) is 1. The minimum absolute atomic E-state index is 0.0870. The van der Waals surface area contributed by atoms with E-state index in [9.17, 15) is 13.2 Å². The predicted octanol–water partition coefficient (Wildman–Crippen LogP) is 2.57. The van der Waals surface area contributed by atoms with Gasteiger partial charge in [-0.25, -0.2) is 13.6 Å². The van der Waals surface area contributed by atoms with Gasteiger partial charge in [-0.2, -0.15) is 0 Å². The van der Waals surface area contributed by atoms with Gasteiger partial charge in [0.15, 0.2) is 0 Å². The first kappa shape index (κ1) is 17.6. The second-order valence-corrected chi connectivity index (χ2v) is 8.09. The first-order valence-corrected chi connectivity index (χ1v) is 9.77. The van der Waals surface area contributed by atoms with Crippen molar-refractivity contribution in [3.8, 4) is 0 Å². The number of rotatable bonds is 5. The molecular formula is C18H21N3O3S. The summed E-state index contributed by atoms with van der Waals surface area (Å²) in [5, 5.41) is 8.12. The van der Waals surface area contributed by atoms with E-state index in [0.717, 1.165) is 31.2 Å². The highest BCUT2D eigenvalue weighted by atomic mass is 32.2. The summed E-state index contributed by atoms with van der Waals surface area (Å²) in [7, 11) is -3.77. The highest BCUT2D eigenvalue weighted by Crippen LogP contribution is 2.44. The molecule has 1 heterocycles. The van der Waals surface area contributed by atoms with E-state index in [0.29, 0.717) is 12.1 Å². The summed E-state index contributed by atoms with van der Waals surface area (Å²) in [5.41, 5.74) is 1.16. The van der Waals surface area contributed by atoms with Gasteiger partial charge >= 0.3 is 0 Å². The van der Waals surface area contributed by atoms with E-state index in [1.54, 1.807) is 36.7 Å². The van der Waals surface area contributed by atoms with Crippen LogP contribution in [0.3, 0.4) is 0 Å². The SMILES string of the molecule is NS(=O)(=O)c1cccc(C2(CC(=O)Nc3cccnc3)CCCC2)c1. The number of hydrogen-bond acceptors (Lipinski definition) is 4. The molecule has 25 heavy (non-hydrogen) atoms. The van der Waals surface area contributed by atoms with Gasteiger partial charge in [-0.3, -0.25) is 9.78 Å². The van der Waals surface area contributed by atoms with Crippen molar-refractivity contribution >= 4 is 21.6 Å². The second-order valence-electron chi connectivity index (χ2n) is 6.53. The van der Waals surface area contributed by atoms with Crippen LogP contribution in [0.5, 0.6) is 0 Å². The molecule has 0 saturated heterocycles. The van der Waals surface area contributed by atoms with Crippen LogP contribution in [0.2, 0.25) is 0 Å². The molecule has 132 valence electrons. The molecule has 1 amide bonds. The van der Waals surface area contributed by atoms with Gasteiger partial charge < -0.3 is 5.32 Å². The second kappa shape index (κ2) is 6.93. The number of hydrogen-bond donors (Lipinski definition) is 2. The third-order valence-corrected chi connectivity index (χ3v) is 5.69. The summed E-state index contributed by atoms with van der Waals surface area (Å²) in [4.78, 5) is 16.6. The third kappa shape index (κ3) is 4.05. The van der Waals surface area contributed by atoms with E-state index >= 15 is 0 Å². The molecule has 0 radical (unpaired) electrons. The lowest BCUT2D eigenvalue weighted by Gasteiger charge is -2.29. The van der Waals surface area contributed by atoms with Crippen molar-refractivity contribution in [3.05, 3.63) is 54.4 Å². The predicted molar refractivity (Wildman–Crippen MR) is 95.4 cm³/mol. The Morgan fingerprint density at radius 3 is 2.60 bits per heavy atom. The summed E-state index contributed by atoms with van der Waals surface area (Å²) in [6.45, 7) is 0. The van der Waals surface area contributed by atoms with Crippen LogP contribution < -0.4 is 10.5 Å². The monoisotopic (exact) mass is 359 g/mol. The number of anilines is 1. The van der Waals surface area contributed by atoms with Crippen molar-refractivity contribution in [2.75, 3.05) is 5.32 Å². The molecule has 1 aliphatic rings. The van der Waals surface area contributed by atoms with Crippen LogP contribution in [-0.2, 0) is 20.2 Å². The van der Waals surface area contributed by atoms with Gasteiger partial charge in [-0.1, -0.05) is 25.0 Å². The molecule has 1 aromatic carbocycles. The van der Waals surface area contributed by atoms with Gasteiger partial charge in [0.05, 0.1) is 16.8 Å². The summed E-state index contributed by atoms with van der Waals surface area (Å²) in [6, 6.07) is 10.2. The third-order valence-electron chi connectivity index (χ3n) is 4.78. The average Bonchev–Trinajstić information content (AvgIpc) is 3.04. The van der Waals surface area contributed by atoms with E-state index in [-0.39, 0.29) is 16.2 Å². The molecule has 2 aromatic rings. The number of aromatic nitrogens is 1. The van der Waals surface area contributed by atoms with Gasteiger partial charge in [0.25, 0.3) is 0 Å². The Kier molecular flexibility index (Phi) is 4.87. The summed E-state index contributed by atoms with van der Waals surface area (Å²) < 4.78 is 23.3. The van der Waals surface area contributed by atoms with Crippen LogP contribution in [0, 0.1) is 0 Å². The van der Waals surface area contributed by atoms with Crippen LogP contribution in [0.4, 0.5) is 5.69 Å². The van der Waals surface area contributed by atoms with Crippen LogP contribution in [0.1, 0.15) is 37.7 Å². The number of nitrogens with two attached hydrogens (primary N) is 1. The van der Waals surface area contributed by atoms with Crippen LogP contribution in [0.25, 0.3) is 0 Å². The Balaban J connectivity index is 1.86. The highest BCUT2D eigenvalue weighted by molar-refractivity contribution is 7.89. The maximum absolute atomic E-state index is 12.5. The van der Waals surface area contributed by atoms with Crippen molar-refractivity contribution in [1.29, 1.82) is 0 Å². The van der Waals surface area contributed by atoms with Crippen LogP contribution in [-0.4, -0.2) is 19.3 Å². The smallest absolute Gasteiger partial charge is 0.238 e. The molecule has 7 heteroatoms. The molecule has 1 fully saturated rings. The lowest BCUT2D eigenvalue weighted by atomic mass is 9.76. The Morgan fingerprint density at radius 1 is 1.20 bits per heavy atom. The Labute approximate surface area is 147 Å². The summed E-state index contributed by atoms with van der Waals surface area (Å²) in [6.07, 6.45) is 7.27. The zero-order valence-corrected chi connectivity index (χ0v) is 14.6. The fraction of sp³-hybridized carbons (Fsp3) is 0.333. The van der Waals surface area contributed by atoms with E-state index in [1.165, 1.54) is 6.07 Å². The average molecular weight is 359 g/mol. The molecule has 3 rings (SSSR count). The number of nitrogens with zero attached hydrogens (tertiary/aromatic N) is 1. The van der Waals surface area contributed by atoms with Crippen LogP contribution in [0.15, 0.2) is 53.7 Å². The van der Waals surface area contributed by atoms with Crippen molar-refractivity contribution in [1.82, 2.24) is 4.98 Å². The number of primary sulfonamides is 1. The number of pyridine rings is 1. The quantitative estimate of drug-likeness (QED) is 0.856. The number of benzene rings is 1. The molecule has 0 spiro atoms. The summed E-state index contributed by atoms with van der Waals surface area (Å²) in [5.74, 6) is -0.101. The molecule has 0 unspecified atom stereocenters. The van der Waals surface area contributed by atoms with Crippen molar-refractivity contribution in [2.45, 2.75) is 42.4 Å². The van der Waals surface area contributed by atoms with E-state index in [1.807, 2.05) is 6.07 Å². The zero-order chi connectivity index (χ0) is 17.9. The van der Waals surface area contributed by atoms with Gasteiger partial charge in [0, 0.05) is 18.0 Å². The highest BCUT2D eigenvalue weighted by Gasteiger charge is 2.38. The first-order chi connectivity index (χ1) is 11.9. The van der Waals surface area contributed by atoms with Gasteiger partial charge in [-0.05, 0) is 42.7 Å². The van der Waals surface area contributed by atoms with Crippen molar-refractivity contribution < 1.29 is 13.2 Å². The van der Waals surface area contributed by atoms with Gasteiger partial charge in [-0.15, -0.1) is 0 Å². The molecule has 0 aliphatic heterocycles. The van der Waals surface area contributed by atoms with Gasteiger partial charge in [0.1, 0.15) is 0 Å². The normalized spacial score (nSPS) is 16.5.